The summed E-state index contributed by atoms with van der Waals surface area (Å²) in [6.45, 7) is 4.62. The molecule has 1 saturated carbocycles. The first-order chi connectivity index (χ1) is 6.09. The summed E-state index contributed by atoms with van der Waals surface area (Å²) in [5.41, 5.74) is 8.06. The number of hydrogen-bond donors (Lipinski definition) is 1. The third kappa shape index (κ3) is 1.94. The minimum absolute atomic E-state index is 0.365. The Balaban J connectivity index is 1.90. The summed E-state index contributed by atoms with van der Waals surface area (Å²) in [5.74, 6) is 0.743. The van der Waals surface area contributed by atoms with Crippen LogP contribution in [0.4, 0.5) is 0 Å². The summed E-state index contributed by atoms with van der Waals surface area (Å²) >= 11 is 1.76. The van der Waals surface area contributed by atoms with Crippen LogP contribution in [0, 0.1) is 11.3 Å². The van der Waals surface area contributed by atoms with Gasteiger partial charge in [-0.05, 0) is 46.6 Å². The maximum atomic E-state index is 6.15. The molecule has 13 heavy (non-hydrogen) atoms. The second-order valence-corrected chi connectivity index (χ2v) is 5.58. The van der Waals surface area contributed by atoms with Gasteiger partial charge in [0.1, 0.15) is 0 Å². The smallest absolute Gasteiger partial charge is 0.0113 e. The fourth-order valence-electron chi connectivity index (χ4n) is 2.06. The Labute approximate surface area is 84.0 Å². The van der Waals surface area contributed by atoms with Crippen LogP contribution in [0.1, 0.15) is 25.8 Å². The molecule has 1 nitrogen and oxygen atoms in total. The van der Waals surface area contributed by atoms with E-state index >= 15 is 0 Å². The highest BCUT2D eigenvalue weighted by Gasteiger charge is 2.48. The molecular weight excluding hydrogens is 178 g/mol. The van der Waals surface area contributed by atoms with Crippen LogP contribution in [-0.4, -0.2) is 6.04 Å². The van der Waals surface area contributed by atoms with Gasteiger partial charge in [-0.15, -0.1) is 0 Å². The molecule has 1 aromatic heterocycles. The fraction of sp³-hybridized carbons (Fsp3) is 0.636. The van der Waals surface area contributed by atoms with E-state index in [0.717, 1.165) is 12.3 Å². The standard InChI is InChI=1S/C11H17NS/c1-11(2)6-9(11)10(12)5-8-3-4-13-7-8/h3-4,7,9-10H,5-6,12H2,1-2H3. The van der Waals surface area contributed by atoms with Gasteiger partial charge in [0.25, 0.3) is 0 Å². The lowest BCUT2D eigenvalue weighted by Crippen LogP contribution is -2.27. The van der Waals surface area contributed by atoms with Gasteiger partial charge in [-0.25, -0.2) is 0 Å². The zero-order valence-corrected chi connectivity index (χ0v) is 9.10. The van der Waals surface area contributed by atoms with Crippen molar-refractivity contribution in [3.63, 3.8) is 0 Å². The molecule has 0 bridgehead atoms. The van der Waals surface area contributed by atoms with Crippen molar-refractivity contribution in [3.05, 3.63) is 22.4 Å². The van der Waals surface area contributed by atoms with E-state index in [9.17, 15) is 0 Å². The molecule has 0 radical (unpaired) electrons. The fourth-order valence-corrected chi connectivity index (χ4v) is 2.74. The summed E-state index contributed by atoms with van der Waals surface area (Å²) in [7, 11) is 0. The average Bonchev–Trinajstić information content (AvgIpc) is 2.49. The molecule has 1 aromatic rings. The van der Waals surface area contributed by atoms with Crippen molar-refractivity contribution in [1.82, 2.24) is 0 Å². The van der Waals surface area contributed by atoms with Crippen molar-refractivity contribution >= 4 is 11.3 Å². The van der Waals surface area contributed by atoms with Gasteiger partial charge >= 0.3 is 0 Å². The van der Waals surface area contributed by atoms with E-state index in [4.69, 9.17) is 5.73 Å². The van der Waals surface area contributed by atoms with Gasteiger partial charge in [0.05, 0.1) is 0 Å². The van der Waals surface area contributed by atoms with E-state index in [-0.39, 0.29) is 0 Å². The molecule has 0 amide bonds. The Hall–Kier alpha value is -0.340. The average molecular weight is 195 g/mol. The van der Waals surface area contributed by atoms with Crippen LogP contribution >= 0.6 is 11.3 Å². The Kier molecular flexibility index (Phi) is 2.20. The van der Waals surface area contributed by atoms with Gasteiger partial charge in [0, 0.05) is 6.04 Å². The van der Waals surface area contributed by atoms with Crippen LogP contribution in [0.2, 0.25) is 0 Å². The first-order valence-electron chi connectivity index (χ1n) is 4.86. The van der Waals surface area contributed by atoms with Crippen molar-refractivity contribution in [2.45, 2.75) is 32.7 Å². The van der Waals surface area contributed by atoms with Crippen molar-refractivity contribution in [2.75, 3.05) is 0 Å². The van der Waals surface area contributed by atoms with Gasteiger partial charge in [0.15, 0.2) is 0 Å². The zero-order chi connectivity index (χ0) is 9.47. The van der Waals surface area contributed by atoms with Gasteiger partial charge < -0.3 is 5.73 Å². The van der Waals surface area contributed by atoms with E-state index < -0.39 is 0 Å². The Morgan fingerprint density at radius 1 is 1.69 bits per heavy atom. The molecule has 1 fully saturated rings. The Bertz CT molecular complexity index is 276. The van der Waals surface area contributed by atoms with Gasteiger partial charge in [-0.2, -0.15) is 11.3 Å². The molecule has 2 unspecified atom stereocenters. The van der Waals surface area contributed by atoms with E-state index in [1.165, 1.54) is 12.0 Å². The molecular formula is C11H17NS. The molecule has 2 N–H and O–H groups in total. The number of hydrogen-bond acceptors (Lipinski definition) is 2. The summed E-state index contributed by atoms with van der Waals surface area (Å²) in [4.78, 5) is 0. The molecule has 0 saturated heterocycles. The molecule has 1 aliphatic rings. The molecule has 0 aromatic carbocycles. The van der Waals surface area contributed by atoms with Crippen molar-refractivity contribution in [2.24, 2.45) is 17.1 Å². The molecule has 2 atom stereocenters. The van der Waals surface area contributed by atoms with E-state index in [2.05, 4.69) is 30.7 Å². The van der Waals surface area contributed by atoms with Crippen LogP contribution in [0.5, 0.6) is 0 Å². The monoisotopic (exact) mass is 195 g/mol. The number of rotatable bonds is 3. The van der Waals surface area contributed by atoms with Crippen LogP contribution in [0.15, 0.2) is 16.8 Å². The lowest BCUT2D eigenvalue weighted by molar-refractivity contribution is 0.477. The Morgan fingerprint density at radius 2 is 2.38 bits per heavy atom. The third-order valence-electron chi connectivity index (χ3n) is 3.16. The third-order valence-corrected chi connectivity index (χ3v) is 3.89. The topological polar surface area (TPSA) is 26.0 Å². The van der Waals surface area contributed by atoms with Gasteiger partial charge in [-0.1, -0.05) is 13.8 Å². The Morgan fingerprint density at radius 3 is 2.85 bits per heavy atom. The molecule has 2 heteroatoms. The summed E-state index contributed by atoms with van der Waals surface area (Å²) in [6.07, 6.45) is 2.36. The second kappa shape index (κ2) is 3.10. The van der Waals surface area contributed by atoms with Crippen LogP contribution in [0.25, 0.3) is 0 Å². The molecule has 1 aliphatic carbocycles. The van der Waals surface area contributed by atoms with Gasteiger partial charge in [-0.3, -0.25) is 0 Å². The highest BCUT2D eigenvalue weighted by Crippen LogP contribution is 2.53. The van der Waals surface area contributed by atoms with E-state index in [0.29, 0.717) is 11.5 Å². The molecule has 72 valence electrons. The minimum Gasteiger partial charge on any atom is -0.327 e. The predicted octanol–water partition coefficient (Wildman–Crippen LogP) is 2.66. The maximum absolute atomic E-state index is 6.15. The molecule has 1 heterocycles. The van der Waals surface area contributed by atoms with Crippen molar-refractivity contribution < 1.29 is 0 Å². The quantitative estimate of drug-likeness (QED) is 0.788. The molecule has 2 rings (SSSR count). The van der Waals surface area contributed by atoms with E-state index in [1.807, 2.05) is 0 Å². The zero-order valence-electron chi connectivity index (χ0n) is 8.29. The SMILES string of the molecule is CC1(C)CC1C(N)Cc1ccsc1. The first-order valence-corrected chi connectivity index (χ1v) is 5.80. The number of thiophene rings is 1. The van der Waals surface area contributed by atoms with Gasteiger partial charge in [0.2, 0.25) is 0 Å². The molecule has 0 spiro atoms. The minimum atomic E-state index is 0.365. The lowest BCUT2D eigenvalue weighted by atomic mass is 10.00. The number of nitrogens with two attached hydrogens (primary N) is 1. The highest BCUT2D eigenvalue weighted by atomic mass is 32.1. The van der Waals surface area contributed by atoms with Crippen molar-refractivity contribution in [3.8, 4) is 0 Å². The summed E-state index contributed by atoms with van der Waals surface area (Å²) in [5, 5.41) is 4.33. The van der Waals surface area contributed by atoms with Crippen LogP contribution < -0.4 is 5.73 Å². The maximum Gasteiger partial charge on any atom is 0.0113 e. The first kappa shape index (κ1) is 9.22. The highest BCUT2D eigenvalue weighted by molar-refractivity contribution is 7.07. The van der Waals surface area contributed by atoms with E-state index in [1.54, 1.807) is 11.3 Å². The van der Waals surface area contributed by atoms with Crippen LogP contribution in [-0.2, 0) is 6.42 Å². The van der Waals surface area contributed by atoms with Crippen molar-refractivity contribution in [1.29, 1.82) is 0 Å². The molecule has 0 aliphatic heterocycles. The predicted molar refractivity (Wildman–Crippen MR) is 57.9 cm³/mol. The summed E-state index contributed by atoms with van der Waals surface area (Å²) in [6, 6.07) is 2.55. The summed E-state index contributed by atoms with van der Waals surface area (Å²) < 4.78 is 0. The lowest BCUT2D eigenvalue weighted by Gasteiger charge is -2.12. The van der Waals surface area contributed by atoms with Crippen LogP contribution in [0.3, 0.4) is 0 Å². The largest absolute Gasteiger partial charge is 0.327 e. The normalized spacial score (nSPS) is 27.2. The second-order valence-electron chi connectivity index (χ2n) is 4.80.